The van der Waals surface area contributed by atoms with Gasteiger partial charge in [-0.05, 0) is 6.07 Å². The number of rotatable bonds is 6. The summed E-state index contributed by atoms with van der Waals surface area (Å²) in [5.41, 5.74) is -0.451. The van der Waals surface area contributed by atoms with Gasteiger partial charge in [0, 0.05) is 26.9 Å². The standard InChI is InChI=1S/C11H15FN2O4/c1-14(5-7(15)6-18-2)10-9(12)8(11(16)17)3-4-13-10/h3-4,7,15H,5-6H2,1-2H3,(H,16,17). The zero-order valence-corrected chi connectivity index (χ0v) is 10.1. The summed E-state index contributed by atoms with van der Waals surface area (Å²) >= 11 is 0. The molecule has 0 saturated heterocycles. The molecule has 0 aromatic carbocycles. The SMILES string of the molecule is COCC(O)CN(C)c1nccc(C(=O)O)c1F. The molecular formula is C11H15FN2O4. The first kappa shape index (κ1) is 14.3. The molecule has 0 aliphatic heterocycles. The topological polar surface area (TPSA) is 82.9 Å². The number of halogens is 1. The molecule has 1 unspecified atom stereocenters. The van der Waals surface area contributed by atoms with Crippen molar-refractivity contribution < 1.29 is 24.1 Å². The highest BCUT2D eigenvalue weighted by Gasteiger charge is 2.19. The summed E-state index contributed by atoms with van der Waals surface area (Å²) in [6, 6.07) is 1.08. The van der Waals surface area contributed by atoms with E-state index in [4.69, 9.17) is 9.84 Å². The third kappa shape index (κ3) is 3.38. The van der Waals surface area contributed by atoms with Crippen molar-refractivity contribution >= 4 is 11.8 Å². The van der Waals surface area contributed by atoms with Crippen molar-refractivity contribution in [1.82, 2.24) is 4.98 Å². The number of carboxylic acid groups (broad SMARTS) is 1. The van der Waals surface area contributed by atoms with E-state index in [1.165, 1.54) is 25.3 Å². The highest BCUT2D eigenvalue weighted by molar-refractivity contribution is 5.88. The fourth-order valence-electron chi connectivity index (χ4n) is 1.51. The van der Waals surface area contributed by atoms with Gasteiger partial charge in [-0.15, -0.1) is 0 Å². The van der Waals surface area contributed by atoms with Crippen LogP contribution in [0.2, 0.25) is 0 Å². The molecule has 1 rings (SSSR count). The number of carbonyl (C=O) groups is 1. The van der Waals surface area contributed by atoms with Crippen LogP contribution in [0, 0.1) is 5.82 Å². The van der Waals surface area contributed by atoms with Crippen molar-refractivity contribution in [2.24, 2.45) is 0 Å². The van der Waals surface area contributed by atoms with E-state index in [1.807, 2.05) is 0 Å². The highest BCUT2D eigenvalue weighted by atomic mass is 19.1. The van der Waals surface area contributed by atoms with Crippen LogP contribution in [0.5, 0.6) is 0 Å². The van der Waals surface area contributed by atoms with Gasteiger partial charge in [0.15, 0.2) is 11.6 Å². The van der Waals surface area contributed by atoms with Crippen LogP contribution in [-0.2, 0) is 4.74 Å². The maximum Gasteiger partial charge on any atom is 0.338 e. The number of pyridine rings is 1. The van der Waals surface area contributed by atoms with E-state index in [0.717, 1.165) is 6.07 Å². The third-order valence-electron chi connectivity index (χ3n) is 2.31. The number of aliphatic hydroxyl groups excluding tert-OH is 1. The van der Waals surface area contributed by atoms with E-state index < -0.39 is 23.5 Å². The Kier molecular flexibility index (Phi) is 4.99. The van der Waals surface area contributed by atoms with Crippen molar-refractivity contribution in [3.05, 3.63) is 23.6 Å². The lowest BCUT2D eigenvalue weighted by atomic mass is 10.2. The number of hydrogen-bond donors (Lipinski definition) is 2. The van der Waals surface area contributed by atoms with Gasteiger partial charge in [-0.2, -0.15) is 0 Å². The van der Waals surface area contributed by atoms with E-state index in [2.05, 4.69) is 4.98 Å². The van der Waals surface area contributed by atoms with Gasteiger partial charge < -0.3 is 19.8 Å². The van der Waals surface area contributed by atoms with Crippen LogP contribution in [0.25, 0.3) is 0 Å². The first-order valence-electron chi connectivity index (χ1n) is 5.23. The number of methoxy groups -OCH3 is 1. The van der Waals surface area contributed by atoms with Gasteiger partial charge in [0.05, 0.1) is 12.7 Å². The quantitative estimate of drug-likeness (QED) is 0.766. The van der Waals surface area contributed by atoms with Crippen molar-refractivity contribution in [3.8, 4) is 0 Å². The summed E-state index contributed by atoms with van der Waals surface area (Å²) in [6.45, 7) is 0.186. The molecule has 0 fully saturated rings. The molecule has 0 amide bonds. The summed E-state index contributed by atoms with van der Waals surface area (Å²) in [4.78, 5) is 15.9. The van der Waals surface area contributed by atoms with E-state index in [1.54, 1.807) is 0 Å². The van der Waals surface area contributed by atoms with Gasteiger partial charge in [-0.1, -0.05) is 0 Å². The maximum atomic E-state index is 13.8. The van der Waals surface area contributed by atoms with Crippen molar-refractivity contribution in [2.75, 3.05) is 32.2 Å². The molecule has 0 aliphatic rings. The number of hydrogen-bond acceptors (Lipinski definition) is 5. The molecule has 0 saturated carbocycles. The van der Waals surface area contributed by atoms with E-state index in [-0.39, 0.29) is 19.0 Å². The molecule has 2 N–H and O–H groups in total. The van der Waals surface area contributed by atoms with Gasteiger partial charge in [-0.3, -0.25) is 0 Å². The molecule has 7 heteroatoms. The normalized spacial score (nSPS) is 12.2. The molecule has 6 nitrogen and oxygen atoms in total. The average molecular weight is 258 g/mol. The van der Waals surface area contributed by atoms with Crippen molar-refractivity contribution in [1.29, 1.82) is 0 Å². The summed E-state index contributed by atoms with van der Waals surface area (Å²) < 4.78 is 18.6. The second kappa shape index (κ2) is 6.27. The number of aromatic nitrogens is 1. The van der Waals surface area contributed by atoms with Crippen molar-refractivity contribution in [3.63, 3.8) is 0 Å². The highest BCUT2D eigenvalue weighted by Crippen LogP contribution is 2.18. The number of aliphatic hydroxyl groups is 1. The third-order valence-corrected chi connectivity index (χ3v) is 2.31. The maximum absolute atomic E-state index is 13.8. The fourth-order valence-corrected chi connectivity index (χ4v) is 1.51. The van der Waals surface area contributed by atoms with Crippen molar-refractivity contribution in [2.45, 2.75) is 6.10 Å². The summed E-state index contributed by atoms with van der Waals surface area (Å²) in [5.74, 6) is -2.40. The Balaban J connectivity index is 2.89. The van der Waals surface area contributed by atoms with Crippen LogP contribution in [0.3, 0.4) is 0 Å². The Hall–Kier alpha value is -1.73. The molecule has 100 valence electrons. The molecule has 0 bridgehead atoms. The van der Waals surface area contributed by atoms with Gasteiger partial charge >= 0.3 is 5.97 Å². The fraction of sp³-hybridized carbons (Fsp3) is 0.455. The van der Waals surface area contributed by atoms with E-state index in [9.17, 15) is 14.3 Å². The minimum atomic E-state index is -1.36. The summed E-state index contributed by atoms with van der Waals surface area (Å²) in [6.07, 6.45) is 0.399. The van der Waals surface area contributed by atoms with Crippen LogP contribution in [-0.4, -0.2) is 54.6 Å². The lowest BCUT2D eigenvalue weighted by Crippen LogP contribution is -2.33. The van der Waals surface area contributed by atoms with Crippen LogP contribution >= 0.6 is 0 Å². The van der Waals surface area contributed by atoms with Gasteiger partial charge in [0.1, 0.15) is 5.56 Å². The summed E-state index contributed by atoms with van der Waals surface area (Å²) in [7, 11) is 2.95. The minimum Gasteiger partial charge on any atom is -0.478 e. The predicted molar refractivity (Wildman–Crippen MR) is 62.3 cm³/mol. The Morgan fingerprint density at radius 1 is 1.67 bits per heavy atom. The second-order valence-corrected chi connectivity index (χ2v) is 3.79. The number of anilines is 1. The van der Waals surface area contributed by atoms with Gasteiger partial charge in [-0.25, -0.2) is 14.2 Å². The Morgan fingerprint density at radius 3 is 2.89 bits per heavy atom. The Bertz CT molecular complexity index is 428. The molecule has 1 atom stereocenters. The number of ether oxygens (including phenoxy) is 1. The first-order chi connectivity index (χ1) is 8.47. The van der Waals surface area contributed by atoms with Crippen LogP contribution in [0.15, 0.2) is 12.3 Å². The second-order valence-electron chi connectivity index (χ2n) is 3.79. The molecule has 18 heavy (non-hydrogen) atoms. The smallest absolute Gasteiger partial charge is 0.338 e. The Labute approximate surface area is 104 Å². The molecule has 1 aromatic rings. The molecule has 0 radical (unpaired) electrons. The molecule has 1 aromatic heterocycles. The summed E-state index contributed by atoms with van der Waals surface area (Å²) in [5, 5.41) is 18.3. The van der Waals surface area contributed by atoms with Crippen LogP contribution in [0.4, 0.5) is 10.2 Å². The number of nitrogens with zero attached hydrogens (tertiary/aromatic N) is 2. The van der Waals surface area contributed by atoms with Crippen LogP contribution < -0.4 is 4.90 Å². The minimum absolute atomic E-state index is 0.0842. The molecule has 1 heterocycles. The lowest BCUT2D eigenvalue weighted by Gasteiger charge is -2.22. The monoisotopic (exact) mass is 258 g/mol. The number of carboxylic acids is 1. The Morgan fingerprint density at radius 2 is 2.33 bits per heavy atom. The predicted octanol–water partition coefficient (Wildman–Crippen LogP) is 0.362. The molecule has 0 spiro atoms. The van der Waals surface area contributed by atoms with E-state index in [0.29, 0.717) is 0 Å². The number of aromatic carboxylic acids is 1. The lowest BCUT2D eigenvalue weighted by molar-refractivity contribution is 0.0689. The largest absolute Gasteiger partial charge is 0.478 e. The van der Waals surface area contributed by atoms with Gasteiger partial charge in [0.25, 0.3) is 0 Å². The van der Waals surface area contributed by atoms with Crippen LogP contribution in [0.1, 0.15) is 10.4 Å². The molecule has 0 aliphatic carbocycles. The average Bonchev–Trinajstić information content (AvgIpc) is 2.28. The molecular weight excluding hydrogens is 243 g/mol. The zero-order chi connectivity index (χ0) is 13.7. The first-order valence-corrected chi connectivity index (χ1v) is 5.23. The van der Waals surface area contributed by atoms with Gasteiger partial charge in [0.2, 0.25) is 0 Å². The van der Waals surface area contributed by atoms with E-state index >= 15 is 0 Å². The zero-order valence-electron chi connectivity index (χ0n) is 10.1. The number of likely N-dealkylation sites (N-methyl/N-ethyl adjacent to an activating group) is 1.